The molecule has 0 spiro atoms. The summed E-state index contributed by atoms with van der Waals surface area (Å²) in [6, 6.07) is 4.01. The van der Waals surface area contributed by atoms with E-state index >= 15 is 0 Å². The lowest BCUT2D eigenvalue weighted by Crippen LogP contribution is -2.07. The van der Waals surface area contributed by atoms with E-state index in [9.17, 15) is 4.79 Å². The van der Waals surface area contributed by atoms with E-state index in [4.69, 9.17) is 4.74 Å². The molecule has 2 aromatic heterocycles. The van der Waals surface area contributed by atoms with Crippen molar-refractivity contribution in [3.63, 3.8) is 0 Å². The van der Waals surface area contributed by atoms with Crippen LogP contribution in [0.2, 0.25) is 0 Å². The highest BCUT2D eigenvalue weighted by molar-refractivity contribution is 7.14. The van der Waals surface area contributed by atoms with Gasteiger partial charge in [-0.2, -0.15) is 0 Å². The van der Waals surface area contributed by atoms with Crippen LogP contribution in [-0.4, -0.2) is 17.6 Å². The van der Waals surface area contributed by atoms with Crippen LogP contribution < -0.4 is 0 Å². The van der Waals surface area contributed by atoms with E-state index in [-0.39, 0.29) is 12.4 Å². The monoisotopic (exact) mass is 253 g/mol. The summed E-state index contributed by atoms with van der Waals surface area (Å²) in [4.78, 5) is 16.8. The molecule has 2 aromatic rings. The standard InChI is InChI=1S/C11H11NO2S2/c1-2-14-11(13)6-10-12-8(7-16-10)9-4-3-5-15-9/h3-5,7H,2,6H2,1H3. The molecule has 0 fully saturated rings. The Labute approximate surface area is 102 Å². The van der Waals surface area contributed by atoms with E-state index in [1.54, 1.807) is 18.3 Å². The van der Waals surface area contributed by atoms with Gasteiger partial charge in [-0.3, -0.25) is 4.79 Å². The first-order valence-electron chi connectivity index (χ1n) is 4.93. The summed E-state index contributed by atoms with van der Waals surface area (Å²) in [6.45, 7) is 2.22. The number of thiazole rings is 1. The van der Waals surface area contributed by atoms with Crippen molar-refractivity contribution in [1.29, 1.82) is 0 Å². The molecule has 0 N–H and O–H groups in total. The van der Waals surface area contributed by atoms with Crippen molar-refractivity contribution in [2.45, 2.75) is 13.3 Å². The zero-order valence-electron chi connectivity index (χ0n) is 8.80. The van der Waals surface area contributed by atoms with Crippen LogP contribution in [0.4, 0.5) is 0 Å². The number of rotatable bonds is 4. The Hall–Kier alpha value is -1.20. The van der Waals surface area contributed by atoms with Gasteiger partial charge in [0.25, 0.3) is 0 Å². The van der Waals surface area contributed by atoms with Crippen LogP contribution in [-0.2, 0) is 16.0 Å². The van der Waals surface area contributed by atoms with E-state index < -0.39 is 0 Å². The van der Waals surface area contributed by atoms with Crippen LogP contribution in [0.1, 0.15) is 11.9 Å². The maximum absolute atomic E-state index is 11.3. The van der Waals surface area contributed by atoms with Crippen molar-refractivity contribution in [3.05, 3.63) is 27.9 Å². The van der Waals surface area contributed by atoms with Gasteiger partial charge in [0, 0.05) is 5.38 Å². The summed E-state index contributed by atoms with van der Waals surface area (Å²) < 4.78 is 4.88. The summed E-state index contributed by atoms with van der Waals surface area (Å²) >= 11 is 3.14. The molecule has 0 unspecified atom stereocenters. The molecule has 0 saturated carbocycles. The zero-order chi connectivity index (χ0) is 11.4. The number of carbonyl (C=O) groups excluding carboxylic acids is 1. The van der Waals surface area contributed by atoms with Gasteiger partial charge < -0.3 is 4.74 Å². The maximum atomic E-state index is 11.3. The van der Waals surface area contributed by atoms with Crippen molar-refractivity contribution in [2.24, 2.45) is 0 Å². The Morgan fingerprint density at radius 2 is 2.38 bits per heavy atom. The normalized spacial score (nSPS) is 10.3. The first kappa shape index (κ1) is 11.3. The Bertz CT molecular complexity index is 462. The summed E-state index contributed by atoms with van der Waals surface area (Å²) in [6.07, 6.45) is 0.268. The minimum Gasteiger partial charge on any atom is -0.466 e. The van der Waals surface area contributed by atoms with Crippen LogP contribution in [0.3, 0.4) is 0 Å². The molecule has 0 amide bonds. The second-order valence-corrected chi connectivity index (χ2v) is 4.98. The lowest BCUT2D eigenvalue weighted by molar-refractivity contribution is -0.142. The fourth-order valence-electron chi connectivity index (χ4n) is 1.27. The summed E-state index contributed by atoms with van der Waals surface area (Å²) in [7, 11) is 0. The number of thiophene rings is 1. The number of hydrogen-bond acceptors (Lipinski definition) is 5. The molecule has 0 aliphatic carbocycles. The van der Waals surface area contributed by atoms with E-state index in [2.05, 4.69) is 4.98 Å². The number of ether oxygens (including phenoxy) is 1. The molecule has 2 rings (SSSR count). The van der Waals surface area contributed by atoms with Crippen LogP contribution in [0.5, 0.6) is 0 Å². The second-order valence-electron chi connectivity index (χ2n) is 3.09. The van der Waals surface area contributed by atoms with E-state index in [1.807, 2.05) is 22.9 Å². The van der Waals surface area contributed by atoms with Crippen molar-refractivity contribution >= 4 is 28.6 Å². The zero-order valence-corrected chi connectivity index (χ0v) is 10.4. The van der Waals surface area contributed by atoms with Crippen molar-refractivity contribution in [1.82, 2.24) is 4.98 Å². The van der Waals surface area contributed by atoms with Crippen molar-refractivity contribution in [3.8, 4) is 10.6 Å². The van der Waals surface area contributed by atoms with Gasteiger partial charge in [-0.25, -0.2) is 4.98 Å². The highest BCUT2D eigenvalue weighted by atomic mass is 32.1. The SMILES string of the molecule is CCOC(=O)Cc1nc(-c2cccs2)cs1. The van der Waals surface area contributed by atoms with Gasteiger partial charge >= 0.3 is 5.97 Å². The second kappa shape index (κ2) is 5.23. The largest absolute Gasteiger partial charge is 0.466 e. The number of aromatic nitrogens is 1. The highest BCUT2D eigenvalue weighted by Crippen LogP contribution is 2.26. The fraction of sp³-hybridized carbons (Fsp3) is 0.273. The molecule has 3 nitrogen and oxygen atoms in total. The Kier molecular flexibility index (Phi) is 3.69. The molecule has 0 saturated heterocycles. The summed E-state index contributed by atoms with van der Waals surface area (Å²) in [5, 5.41) is 4.79. The van der Waals surface area contributed by atoms with E-state index in [1.165, 1.54) is 11.3 Å². The molecule has 0 bridgehead atoms. The van der Waals surface area contributed by atoms with Gasteiger partial charge in [-0.1, -0.05) is 6.07 Å². The van der Waals surface area contributed by atoms with Gasteiger partial charge in [0.1, 0.15) is 5.01 Å². The average Bonchev–Trinajstić information content (AvgIpc) is 2.86. The Balaban J connectivity index is 2.06. The quantitative estimate of drug-likeness (QED) is 0.786. The molecule has 0 aromatic carbocycles. The van der Waals surface area contributed by atoms with Gasteiger partial charge in [0.05, 0.1) is 23.6 Å². The number of carbonyl (C=O) groups is 1. The first-order chi connectivity index (χ1) is 7.79. The Morgan fingerprint density at radius 1 is 1.50 bits per heavy atom. The molecule has 0 atom stereocenters. The van der Waals surface area contributed by atoms with Crippen molar-refractivity contribution in [2.75, 3.05) is 6.61 Å². The average molecular weight is 253 g/mol. The van der Waals surface area contributed by atoms with Gasteiger partial charge in [-0.15, -0.1) is 22.7 Å². The summed E-state index contributed by atoms with van der Waals surface area (Å²) in [5.74, 6) is -0.213. The smallest absolute Gasteiger partial charge is 0.312 e. The van der Waals surface area contributed by atoms with Gasteiger partial charge in [-0.05, 0) is 18.4 Å². The van der Waals surface area contributed by atoms with Crippen LogP contribution >= 0.6 is 22.7 Å². The van der Waals surface area contributed by atoms with Crippen molar-refractivity contribution < 1.29 is 9.53 Å². The topological polar surface area (TPSA) is 39.2 Å². The highest BCUT2D eigenvalue weighted by Gasteiger charge is 2.09. The molecule has 0 aliphatic rings. The minimum atomic E-state index is -0.213. The Morgan fingerprint density at radius 3 is 3.06 bits per heavy atom. The van der Waals surface area contributed by atoms with Crippen LogP contribution in [0.25, 0.3) is 10.6 Å². The molecular weight excluding hydrogens is 242 g/mol. The van der Waals surface area contributed by atoms with Crippen LogP contribution in [0, 0.1) is 0 Å². The molecular formula is C11H11NO2S2. The lowest BCUT2D eigenvalue weighted by atomic mass is 10.4. The molecule has 16 heavy (non-hydrogen) atoms. The minimum absolute atomic E-state index is 0.213. The number of nitrogens with zero attached hydrogens (tertiary/aromatic N) is 1. The molecule has 0 radical (unpaired) electrons. The van der Waals surface area contributed by atoms with E-state index in [0.717, 1.165) is 15.6 Å². The molecule has 2 heterocycles. The maximum Gasteiger partial charge on any atom is 0.312 e. The number of hydrogen-bond donors (Lipinski definition) is 0. The molecule has 5 heteroatoms. The van der Waals surface area contributed by atoms with Gasteiger partial charge in [0.15, 0.2) is 0 Å². The molecule has 84 valence electrons. The third kappa shape index (κ3) is 2.68. The van der Waals surface area contributed by atoms with E-state index in [0.29, 0.717) is 6.61 Å². The predicted octanol–water partition coefficient (Wildman–Crippen LogP) is 2.98. The predicted molar refractivity (Wildman–Crippen MR) is 65.8 cm³/mol. The lowest BCUT2D eigenvalue weighted by Gasteiger charge is -1.97. The summed E-state index contributed by atoms with van der Waals surface area (Å²) in [5.41, 5.74) is 0.944. The fourth-order valence-corrected chi connectivity index (χ4v) is 2.81. The molecule has 0 aliphatic heterocycles. The number of esters is 1. The van der Waals surface area contributed by atoms with Gasteiger partial charge in [0.2, 0.25) is 0 Å². The third-order valence-electron chi connectivity index (χ3n) is 1.93. The van der Waals surface area contributed by atoms with Crippen LogP contribution in [0.15, 0.2) is 22.9 Å². The first-order valence-corrected chi connectivity index (χ1v) is 6.69. The third-order valence-corrected chi connectivity index (χ3v) is 3.67.